The van der Waals surface area contributed by atoms with Crippen LogP contribution in [0.3, 0.4) is 0 Å². The second-order valence-corrected chi connectivity index (χ2v) is 7.87. The smallest absolute Gasteiger partial charge is 0.265 e. The monoisotopic (exact) mass is 411 g/mol. The Morgan fingerprint density at radius 1 is 0.862 bits per heavy atom. The highest BCUT2D eigenvalue weighted by atomic mass is 32.2. The standard InChI is InChI=1S/C21H15F2N3O2S/c22-16-11-12-18(23)19(13-16)25-29(27,28)20-14-26(17-9-5-2-6-10-17)24-21(20)15-7-3-1-4-8-15/h1-14,25H. The molecule has 0 radical (unpaired) electrons. The topological polar surface area (TPSA) is 64.0 Å². The molecule has 0 saturated heterocycles. The van der Waals surface area contributed by atoms with Gasteiger partial charge >= 0.3 is 0 Å². The predicted octanol–water partition coefficient (Wildman–Crippen LogP) is 4.62. The molecule has 1 heterocycles. The fourth-order valence-corrected chi connectivity index (χ4v) is 4.05. The van der Waals surface area contributed by atoms with Gasteiger partial charge in [-0.2, -0.15) is 5.10 Å². The molecule has 4 aromatic rings. The molecule has 146 valence electrons. The Bertz CT molecular complexity index is 1260. The van der Waals surface area contributed by atoms with E-state index >= 15 is 0 Å². The maximum Gasteiger partial charge on any atom is 0.265 e. The van der Waals surface area contributed by atoms with E-state index in [9.17, 15) is 17.2 Å². The minimum absolute atomic E-state index is 0.156. The average molecular weight is 411 g/mol. The molecule has 0 bridgehead atoms. The third-order valence-corrected chi connectivity index (χ3v) is 5.58. The van der Waals surface area contributed by atoms with Crippen LogP contribution in [0, 0.1) is 11.6 Å². The normalized spacial score (nSPS) is 11.4. The first-order chi connectivity index (χ1) is 13.9. The van der Waals surface area contributed by atoms with E-state index in [2.05, 4.69) is 9.82 Å². The highest BCUT2D eigenvalue weighted by Crippen LogP contribution is 2.29. The molecular weight excluding hydrogens is 396 g/mol. The van der Waals surface area contributed by atoms with E-state index in [1.165, 1.54) is 10.9 Å². The van der Waals surface area contributed by atoms with Gasteiger partial charge in [0.1, 0.15) is 22.2 Å². The summed E-state index contributed by atoms with van der Waals surface area (Å²) in [6, 6.07) is 20.3. The van der Waals surface area contributed by atoms with Crippen LogP contribution in [0.5, 0.6) is 0 Å². The Morgan fingerprint density at radius 3 is 2.21 bits per heavy atom. The fourth-order valence-electron chi connectivity index (χ4n) is 2.84. The van der Waals surface area contributed by atoms with Crippen molar-refractivity contribution in [1.29, 1.82) is 0 Å². The number of para-hydroxylation sites is 1. The largest absolute Gasteiger partial charge is 0.276 e. The van der Waals surface area contributed by atoms with Crippen LogP contribution in [0.25, 0.3) is 16.9 Å². The van der Waals surface area contributed by atoms with Crippen LogP contribution < -0.4 is 4.72 Å². The molecule has 4 rings (SSSR count). The molecule has 0 saturated carbocycles. The Kier molecular flexibility index (Phi) is 4.85. The van der Waals surface area contributed by atoms with Crippen molar-refractivity contribution in [2.45, 2.75) is 4.90 Å². The van der Waals surface area contributed by atoms with E-state index in [1.54, 1.807) is 54.6 Å². The quantitative estimate of drug-likeness (QED) is 0.521. The maximum absolute atomic E-state index is 14.0. The van der Waals surface area contributed by atoms with Gasteiger partial charge < -0.3 is 0 Å². The number of nitrogens with zero attached hydrogens (tertiary/aromatic N) is 2. The summed E-state index contributed by atoms with van der Waals surface area (Å²) in [7, 11) is -4.26. The molecule has 3 aromatic carbocycles. The van der Waals surface area contributed by atoms with E-state index in [4.69, 9.17) is 0 Å². The second kappa shape index (κ2) is 7.48. The van der Waals surface area contributed by atoms with Crippen LogP contribution in [-0.4, -0.2) is 18.2 Å². The molecule has 8 heteroatoms. The summed E-state index contributed by atoms with van der Waals surface area (Å²) < 4.78 is 57.1. The summed E-state index contributed by atoms with van der Waals surface area (Å²) in [6.45, 7) is 0. The first-order valence-corrected chi connectivity index (χ1v) is 10.1. The molecule has 1 N–H and O–H groups in total. The van der Waals surface area contributed by atoms with Crippen molar-refractivity contribution < 1.29 is 17.2 Å². The molecule has 0 spiro atoms. The number of halogens is 2. The first kappa shape index (κ1) is 18.8. The summed E-state index contributed by atoms with van der Waals surface area (Å²) in [5, 5.41) is 4.43. The van der Waals surface area contributed by atoms with Crippen molar-refractivity contribution in [2.75, 3.05) is 4.72 Å². The minimum atomic E-state index is -4.26. The van der Waals surface area contributed by atoms with Crippen LogP contribution in [0.2, 0.25) is 0 Å². The molecule has 0 unspecified atom stereocenters. The lowest BCUT2D eigenvalue weighted by molar-refractivity contribution is 0.594. The van der Waals surface area contributed by atoms with Gasteiger partial charge in [0.25, 0.3) is 10.0 Å². The van der Waals surface area contributed by atoms with Crippen molar-refractivity contribution in [3.8, 4) is 16.9 Å². The van der Waals surface area contributed by atoms with Gasteiger partial charge in [-0.15, -0.1) is 0 Å². The molecule has 0 amide bonds. The lowest BCUT2D eigenvalue weighted by atomic mass is 10.2. The number of sulfonamides is 1. The Morgan fingerprint density at radius 2 is 1.52 bits per heavy atom. The van der Waals surface area contributed by atoms with Crippen LogP contribution >= 0.6 is 0 Å². The third-order valence-electron chi connectivity index (χ3n) is 4.21. The van der Waals surface area contributed by atoms with Gasteiger partial charge in [-0.25, -0.2) is 21.9 Å². The lowest BCUT2D eigenvalue weighted by Gasteiger charge is -2.09. The summed E-state index contributed by atoms with van der Waals surface area (Å²) in [5.74, 6) is -1.64. The molecule has 29 heavy (non-hydrogen) atoms. The van der Waals surface area contributed by atoms with Crippen molar-refractivity contribution >= 4 is 15.7 Å². The van der Waals surface area contributed by atoms with Gasteiger partial charge in [0, 0.05) is 11.6 Å². The number of benzene rings is 3. The van der Waals surface area contributed by atoms with Gasteiger partial charge in [-0.3, -0.25) is 4.72 Å². The highest BCUT2D eigenvalue weighted by Gasteiger charge is 2.25. The van der Waals surface area contributed by atoms with Gasteiger partial charge in [0.05, 0.1) is 17.6 Å². The van der Waals surface area contributed by atoms with E-state index in [-0.39, 0.29) is 10.6 Å². The number of nitrogens with one attached hydrogen (secondary N) is 1. The fraction of sp³-hybridized carbons (Fsp3) is 0. The summed E-state index contributed by atoms with van der Waals surface area (Å²) in [4.78, 5) is -0.156. The van der Waals surface area contributed by atoms with E-state index in [0.29, 0.717) is 11.3 Å². The first-order valence-electron chi connectivity index (χ1n) is 8.62. The minimum Gasteiger partial charge on any atom is -0.276 e. The number of hydrogen-bond donors (Lipinski definition) is 1. The number of hydrogen-bond acceptors (Lipinski definition) is 3. The van der Waals surface area contributed by atoms with Crippen LogP contribution in [-0.2, 0) is 10.0 Å². The average Bonchev–Trinajstić information content (AvgIpc) is 3.19. The predicted molar refractivity (Wildman–Crippen MR) is 106 cm³/mol. The van der Waals surface area contributed by atoms with Crippen LogP contribution in [0.1, 0.15) is 0 Å². The molecule has 0 fully saturated rings. The Labute approximate surface area is 166 Å². The van der Waals surface area contributed by atoms with E-state index < -0.39 is 27.3 Å². The number of rotatable bonds is 5. The second-order valence-electron chi connectivity index (χ2n) is 6.22. The van der Waals surface area contributed by atoms with Gasteiger partial charge in [0.15, 0.2) is 0 Å². The van der Waals surface area contributed by atoms with E-state index in [1.807, 2.05) is 6.07 Å². The number of aromatic nitrogens is 2. The SMILES string of the molecule is O=S(=O)(Nc1cc(F)ccc1F)c1cn(-c2ccccc2)nc1-c1ccccc1. The molecule has 0 aliphatic carbocycles. The van der Waals surface area contributed by atoms with Crippen LogP contribution in [0.4, 0.5) is 14.5 Å². The molecule has 5 nitrogen and oxygen atoms in total. The lowest BCUT2D eigenvalue weighted by Crippen LogP contribution is -2.14. The van der Waals surface area contributed by atoms with Gasteiger partial charge in [0.2, 0.25) is 0 Å². The molecule has 0 atom stereocenters. The Balaban J connectivity index is 1.85. The van der Waals surface area contributed by atoms with E-state index in [0.717, 1.165) is 18.2 Å². The van der Waals surface area contributed by atoms with Crippen molar-refractivity contribution in [3.63, 3.8) is 0 Å². The zero-order chi connectivity index (χ0) is 20.4. The zero-order valence-corrected chi connectivity index (χ0v) is 15.8. The molecule has 1 aromatic heterocycles. The molecular formula is C21H15F2N3O2S. The number of anilines is 1. The zero-order valence-electron chi connectivity index (χ0n) is 15.0. The van der Waals surface area contributed by atoms with Crippen molar-refractivity contribution in [2.24, 2.45) is 0 Å². The highest BCUT2D eigenvalue weighted by molar-refractivity contribution is 7.92. The summed E-state index contributed by atoms with van der Waals surface area (Å²) in [5.41, 5.74) is 0.945. The van der Waals surface area contributed by atoms with Crippen molar-refractivity contribution in [1.82, 2.24) is 9.78 Å². The summed E-state index contributed by atoms with van der Waals surface area (Å²) >= 11 is 0. The molecule has 0 aliphatic rings. The van der Waals surface area contributed by atoms with Gasteiger partial charge in [-0.1, -0.05) is 48.5 Å². The third kappa shape index (κ3) is 3.88. The van der Waals surface area contributed by atoms with Crippen LogP contribution in [0.15, 0.2) is 90.0 Å². The molecule has 0 aliphatic heterocycles. The van der Waals surface area contributed by atoms with Gasteiger partial charge in [-0.05, 0) is 24.3 Å². The Hall–Kier alpha value is -3.52. The maximum atomic E-state index is 14.0. The summed E-state index contributed by atoms with van der Waals surface area (Å²) in [6.07, 6.45) is 1.34. The van der Waals surface area contributed by atoms with Crippen molar-refractivity contribution in [3.05, 3.63) is 96.7 Å².